The zero-order chi connectivity index (χ0) is 22.2. The topological polar surface area (TPSA) is 90.3 Å². The molecule has 10 heteroatoms. The van der Waals surface area contributed by atoms with E-state index in [-0.39, 0.29) is 16.8 Å². The summed E-state index contributed by atoms with van der Waals surface area (Å²) in [5.74, 6) is 0.815. The molecule has 1 saturated heterocycles. The number of benzene rings is 1. The summed E-state index contributed by atoms with van der Waals surface area (Å²) < 4.78 is 36.6. The number of fused-ring (bicyclic) bond motifs is 1. The third-order valence-electron chi connectivity index (χ3n) is 5.37. The van der Waals surface area contributed by atoms with Crippen molar-refractivity contribution in [3.05, 3.63) is 50.9 Å². The molecule has 0 amide bonds. The molecule has 1 N–H and O–H groups in total. The third kappa shape index (κ3) is 4.67. The minimum atomic E-state index is -3.88. The zero-order valence-electron chi connectivity index (χ0n) is 17.7. The summed E-state index contributed by atoms with van der Waals surface area (Å²) in [4.78, 5) is 17.9. The van der Waals surface area contributed by atoms with Gasteiger partial charge in [0.2, 0.25) is 0 Å². The largest absolute Gasteiger partial charge is 0.377 e. The van der Waals surface area contributed by atoms with Gasteiger partial charge in [-0.15, -0.1) is 23.1 Å². The number of rotatable bonds is 6. The monoisotopic (exact) mass is 479 g/mol. The van der Waals surface area contributed by atoms with E-state index in [0.717, 1.165) is 52.0 Å². The van der Waals surface area contributed by atoms with Crippen LogP contribution < -0.4 is 10.4 Å². The van der Waals surface area contributed by atoms with Crippen LogP contribution in [0.25, 0.3) is 5.69 Å². The van der Waals surface area contributed by atoms with Crippen LogP contribution in [0.3, 0.4) is 0 Å². The predicted molar refractivity (Wildman–Crippen MR) is 125 cm³/mol. The zero-order valence-corrected chi connectivity index (χ0v) is 20.1. The average Bonchev–Trinajstić information content (AvgIpc) is 3.06. The lowest BCUT2D eigenvalue weighted by atomic mass is 10.1. The molecule has 7 nitrogen and oxygen atoms in total. The quantitative estimate of drug-likeness (QED) is 0.535. The Hall–Kier alpha value is -1.88. The van der Waals surface area contributed by atoms with Gasteiger partial charge in [0.15, 0.2) is 5.82 Å². The minimum absolute atomic E-state index is 0.0667. The fourth-order valence-corrected chi connectivity index (χ4v) is 7.05. The Morgan fingerprint density at radius 1 is 1.23 bits per heavy atom. The highest BCUT2D eigenvalue weighted by molar-refractivity contribution is 8.01. The SMILES string of the molecule is Cc1ccc(S(=O)(=O)Nc2nc(=O)n3c(C)c(C)sc(SCC4CCCCO4)c2-3)cc1. The van der Waals surface area contributed by atoms with Gasteiger partial charge in [-0.05, 0) is 52.2 Å². The van der Waals surface area contributed by atoms with Crippen LogP contribution in [0.1, 0.15) is 35.4 Å². The lowest BCUT2D eigenvalue weighted by Crippen LogP contribution is -2.21. The number of hydrogen-bond acceptors (Lipinski definition) is 7. The van der Waals surface area contributed by atoms with Crippen molar-refractivity contribution in [2.24, 2.45) is 0 Å². The number of anilines is 1. The molecule has 0 spiro atoms. The number of nitrogens with zero attached hydrogens (tertiary/aromatic N) is 2. The van der Waals surface area contributed by atoms with Gasteiger partial charge in [-0.2, -0.15) is 4.98 Å². The molecule has 0 bridgehead atoms. The summed E-state index contributed by atoms with van der Waals surface area (Å²) in [7, 11) is -3.88. The van der Waals surface area contributed by atoms with Crippen LogP contribution in [0.4, 0.5) is 5.82 Å². The third-order valence-corrected chi connectivity index (χ3v) is 9.30. The van der Waals surface area contributed by atoms with E-state index in [4.69, 9.17) is 4.74 Å². The minimum Gasteiger partial charge on any atom is -0.377 e. The first-order valence-electron chi connectivity index (χ1n) is 10.1. The molecule has 0 radical (unpaired) electrons. The first-order valence-corrected chi connectivity index (χ1v) is 13.4. The van der Waals surface area contributed by atoms with E-state index in [1.807, 2.05) is 20.8 Å². The van der Waals surface area contributed by atoms with Crippen molar-refractivity contribution < 1.29 is 13.2 Å². The van der Waals surface area contributed by atoms with Gasteiger partial charge >= 0.3 is 5.69 Å². The number of aromatic nitrogens is 2. The van der Waals surface area contributed by atoms with E-state index < -0.39 is 15.7 Å². The number of hydrogen-bond donors (Lipinski definition) is 1. The second-order valence-corrected chi connectivity index (χ2v) is 11.9. The highest BCUT2D eigenvalue weighted by Crippen LogP contribution is 2.39. The highest BCUT2D eigenvalue weighted by Gasteiger charge is 2.27. The van der Waals surface area contributed by atoms with Gasteiger partial charge in [0.05, 0.1) is 15.2 Å². The van der Waals surface area contributed by atoms with Crippen LogP contribution in [-0.4, -0.2) is 36.4 Å². The summed E-state index contributed by atoms with van der Waals surface area (Å²) in [5.41, 5.74) is 1.75. The number of aryl methyl sites for hydroxylation is 2. The summed E-state index contributed by atoms with van der Waals surface area (Å²) in [6.07, 6.45) is 3.41. The fraction of sp³-hybridized carbons (Fsp3) is 0.429. The molecule has 1 aromatic carbocycles. The Labute approximate surface area is 190 Å². The van der Waals surface area contributed by atoms with Crippen molar-refractivity contribution in [1.82, 2.24) is 9.55 Å². The summed E-state index contributed by atoms with van der Waals surface area (Å²) in [5, 5.41) is 0. The van der Waals surface area contributed by atoms with Crippen LogP contribution in [0.2, 0.25) is 0 Å². The van der Waals surface area contributed by atoms with E-state index >= 15 is 0 Å². The highest BCUT2D eigenvalue weighted by atomic mass is 32.2. The van der Waals surface area contributed by atoms with Crippen LogP contribution in [-0.2, 0) is 14.8 Å². The van der Waals surface area contributed by atoms with Crippen LogP contribution in [0.5, 0.6) is 0 Å². The van der Waals surface area contributed by atoms with Gasteiger partial charge in [0.25, 0.3) is 10.0 Å². The van der Waals surface area contributed by atoms with Crippen LogP contribution in [0, 0.1) is 20.8 Å². The van der Waals surface area contributed by atoms with Gasteiger partial charge in [-0.25, -0.2) is 13.2 Å². The molecule has 0 saturated carbocycles. The van der Waals surface area contributed by atoms with E-state index in [1.54, 1.807) is 47.4 Å². The van der Waals surface area contributed by atoms with Crippen LogP contribution >= 0.6 is 23.1 Å². The molecule has 0 aliphatic carbocycles. The summed E-state index contributed by atoms with van der Waals surface area (Å²) in [6.45, 7) is 6.47. The molecule has 1 unspecified atom stereocenters. The number of imidazole rings is 1. The number of thioether (sulfide) groups is 1. The van der Waals surface area contributed by atoms with Crippen molar-refractivity contribution in [3.8, 4) is 5.69 Å². The van der Waals surface area contributed by atoms with E-state index in [0.29, 0.717) is 5.69 Å². The first kappa shape index (κ1) is 22.3. The van der Waals surface area contributed by atoms with Crippen molar-refractivity contribution in [2.75, 3.05) is 17.1 Å². The Morgan fingerprint density at radius 2 is 1.97 bits per heavy atom. The van der Waals surface area contributed by atoms with E-state index in [1.165, 1.54) is 4.57 Å². The lowest BCUT2D eigenvalue weighted by Gasteiger charge is -2.23. The normalized spacial score (nSPS) is 17.2. The Kier molecular flexibility index (Phi) is 6.43. The molecule has 4 rings (SSSR count). The molecule has 1 fully saturated rings. The Balaban J connectivity index is 1.71. The van der Waals surface area contributed by atoms with Crippen molar-refractivity contribution in [1.29, 1.82) is 0 Å². The molecule has 1 aromatic rings. The molecule has 0 aromatic heterocycles. The standard InChI is InChI=1S/C21H25N3O4S3/c1-13-7-9-17(10-8-13)31(26,27)23-19-18-20(29-12-16-6-4-5-11-28-16)30-15(3)14(2)24(18)21(25)22-19/h7-10,16H,4-6,11-12H2,1-3H3,(H,22,23,25). The molecule has 166 valence electrons. The fourth-order valence-electron chi connectivity index (χ4n) is 3.50. The van der Waals surface area contributed by atoms with Gasteiger partial charge in [0, 0.05) is 22.9 Å². The molecule has 3 heterocycles. The molecule has 3 aliphatic heterocycles. The van der Waals surface area contributed by atoms with Gasteiger partial charge in [-0.1, -0.05) is 17.7 Å². The second kappa shape index (κ2) is 8.93. The molecule has 31 heavy (non-hydrogen) atoms. The number of nitrogens with one attached hydrogen (secondary N) is 1. The maximum atomic E-state index is 12.9. The second-order valence-electron chi connectivity index (χ2n) is 7.68. The maximum Gasteiger partial charge on any atom is 0.354 e. The molecule has 3 aliphatic rings. The Bertz CT molecular complexity index is 1210. The molecular weight excluding hydrogens is 454 g/mol. The Morgan fingerprint density at radius 3 is 2.65 bits per heavy atom. The van der Waals surface area contributed by atoms with Crippen molar-refractivity contribution in [3.63, 3.8) is 0 Å². The van der Waals surface area contributed by atoms with E-state index in [2.05, 4.69) is 9.71 Å². The van der Waals surface area contributed by atoms with Crippen molar-refractivity contribution in [2.45, 2.75) is 55.2 Å². The van der Waals surface area contributed by atoms with Crippen molar-refractivity contribution >= 4 is 38.9 Å². The molecular formula is C21H25N3O4S3. The number of sulfonamides is 1. The predicted octanol–water partition coefficient (Wildman–Crippen LogP) is 4.12. The molecule has 1 atom stereocenters. The van der Waals surface area contributed by atoms with Gasteiger partial charge < -0.3 is 4.74 Å². The summed E-state index contributed by atoms with van der Waals surface area (Å²) in [6, 6.07) is 6.56. The summed E-state index contributed by atoms with van der Waals surface area (Å²) >= 11 is 3.14. The van der Waals surface area contributed by atoms with Gasteiger partial charge in [0.1, 0.15) is 5.69 Å². The smallest absolute Gasteiger partial charge is 0.354 e. The lowest BCUT2D eigenvalue weighted by molar-refractivity contribution is 0.0315. The van der Waals surface area contributed by atoms with Crippen LogP contribution in [0.15, 0.2) is 38.2 Å². The maximum absolute atomic E-state index is 12.9. The average molecular weight is 480 g/mol. The van der Waals surface area contributed by atoms with Gasteiger partial charge in [-0.3, -0.25) is 9.29 Å². The number of ether oxygens (including phenoxy) is 1. The van der Waals surface area contributed by atoms with E-state index in [9.17, 15) is 13.2 Å². The first-order chi connectivity index (χ1) is 14.8.